The van der Waals surface area contributed by atoms with Gasteiger partial charge < -0.3 is 14.5 Å². The van der Waals surface area contributed by atoms with Crippen LogP contribution in [0.3, 0.4) is 0 Å². The quantitative estimate of drug-likeness (QED) is 0.801. The average molecular weight is 373 g/mol. The van der Waals surface area contributed by atoms with E-state index in [2.05, 4.69) is 36.1 Å². The van der Waals surface area contributed by atoms with E-state index in [4.69, 9.17) is 16.3 Å². The molecule has 0 unspecified atom stereocenters. The lowest BCUT2D eigenvalue weighted by Crippen LogP contribution is -2.56. The van der Waals surface area contributed by atoms with Crippen molar-refractivity contribution < 1.29 is 13.9 Å². The van der Waals surface area contributed by atoms with Gasteiger partial charge >= 0.3 is 6.09 Å². The fraction of sp³-hybridized carbons (Fsp3) is 0.647. The number of hydrogen-bond donors (Lipinski definition) is 1. The van der Waals surface area contributed by atoms with Crippen LogP contribution >= 0.6 is 11.6 Å². The standard InChI is InChI=1S/C17H26ClFN4O2/c1-10-8-22(6)9-11(2)23(10)13-7-12(14(18)15(19)21-13)20-16(24)25-17(3,4)5/h7,10-11H,8-9H2,1-6H3,(H,20,21,24)/t10-,11-/m0/s1. The molecule has 1 N–H and O–H groups in total. The number of hydrogen-bond acceptors (Lipinski definition) is 5. The Labute approximate surface area is 153 Å². The summed E-state index contributed by atoms with van der Waals surface area (Å²) < 4.78 is 19.4. The van der Waals surface area contributed by atoms with Crippen molar-refractivity contribution in [1.82, 2.24) is 9.88 Å². The topological polar surface area (TPSA) is 57.7 Å². The van der Waals surface area contributed by atoms with Crippen LogP contribution in [0.15, 0.2) is 6.07 Å². The Balaban J connectivity index is 2.30. The van der Waals surface area contributed by atoms with E-state index in [1.165, 1.54) is 0 Å². The van der Waals surface area contributed by atoms with Gasteiger partial charge in [-0.25, -0.2) is 9.78 Å². The van der Waals surface area contributed by atoms with E-state index in [9.17, 15) is 9.18 Å². The van der Waals surface area contributed by atoms with Gasteiger partial charge in [-0.2, -0.15) is 4.39 Å². The van der Waals surface area contributed by atoms with Gasteiger partial charge in [-0.15, -0.1) is 0 Å². The summed E-state index contributed by atoms with van der Waals surface area (Å²) in [7, 11) is 2.05. The first-order chi connectivity index (χ1) is 11.5. The second-order valence-electron chi connectivity index (χ2n) is 7.59. The molecule has 0 saturated carbocycles. The van der Waals surface area contributed by atoms with Crippen LogP contribution in [0.25, 0.3) is 0 Å². The lowest BCUT2D eigenvalue weighted by atomic mass is 10.1. The van der Waals surface area contributed by atoms with Crippen LogP contribution in [0.5, 0.6) is 0 Å². The molecule has 0 spiro atoms. The smallest absolute Gasteiger partial charge is 0.412 e. The van der Waals surface area contributed by atoms with E-state index >= 15 is 0 Å². The Kier molecular flexibility index (Phi) is 5.79. The molecule has 140 valence electrons. The second-order valence-corrected chi connectivity index (χ2v) is 7.96. The number of piperazine rings is 1. The predicted molar refractivity (Wildman–Crippen MR) is 98.0 cm³/mol. The Morgan fingerprint density at radius 1 is 1.36 bits per heavy atom. The number of anilines is 2. The molecule has 0 radical (unpaired) electrons. The minimum absolute atomic E-state index is 0.149. The van der Waals surface area contributed by atoms with Crippen molar-refractivity contribution in [3.63, 3.8) is 0 Å². The number of amides is 1. The highest BCUT2D eigenvalue weighted by atomic mass is 35.5. The summed E-state index contributed by atoms with van der Waals surface area (Å²) in [4.78, 5) is 20.2. The number of rotatable bonds is 2. The van der Waals surface area contributed by atoms with Gasteiger partial charge in [0.25, 0.3) is 0 Å². The molecule has 25 heavy (non-hydrogen) atoms. The zero-order valence-electron chi connectivity index (χ0n) is 15.6. The minimum Gasteiger partial charge on any atom is -0.444 e. The number of carbonyl (C=O) groups excluding carboxylic acids is 1. The van der Waals surface area contributed by atoms with Crippen molar-refractivity contribution in [3.8, 4) is 0 Å². The normalized spacial score (nSPS) is 22.0. The van der Waals surface area contributed by atoms with Crippen LogP contribution in [0.4, 0.5) is 20.7 Å². The van der Waals surface area contributed by atoms with Gasteiger partial charge in [0.15, 0.2) is 0 Å². The molecule has 1 aromatic heterocycles. The van der Waals surface area contributed by atoms with Gasteiger partial charge in [-0.1, -0.05) is 11.6 Å². The van der Waals surface area contributed by atoms with Gasteiger partial charge in [-0.05, 0) is 41.7 Å². The summed E-state index contributed by atoms with van der Waals surface area (Å²) in [6.45, 7) is 11.0. The molecule has 1 aliphatic heterocycles. The van der Waals surface area contributed by atoms with Crippen molar-refractivity contribution in [2.45, 2.75) is 52.3 Å². The molecule has 8 heteroatoms. The Morgan fingerprint density at radius 3 is 2.44 bits per heavy atom. The molecule has 2 heterocycles. The van der Waals surface area contributed by atoms with Gasteiger partial charge in [0, 0.05) is 31.2 Å². The fourth-order valence-electron chi connectivity index (χ4n) is 3.16. The van der Waals surface area contributed by atoms with Crippen molar-refractivity contribution in [2.75, 3.05) is 30.4 Å². The zero-order chi connectivity index (χ0) is 18.9. The molecule has 0 bridgehead atoms. The molecule has 1 aliphatic rings. The van der Waals surface area contributed by atoms with Crippen molar-refractivity contribution >= 4 is 29.2 Å². The number of nitrogens with one attached hydrogen (secondary N) is 1. The highest BCUT2D eigenvalue weighted by Crippen LogP contribution is 2.31. The van der Waals surface area contributed by atoms with Crippen LogP contribution in [-0.2, 0) is 4.74 Å². The van der Waals surface area contributed by atoms with E-state index in [1.807, 2.05) is 4.90 Å². The highest BCUT2D eigenvalue weighted by Gasteiger charge is 2.30. The van der Waals surface area contributed by atoms with Crippen LogP contribution in [-0.4, -0.2) is 53.8 Å². The number of aromatic nitrogens is 1. The van der Waals surface area contributed by atoms with Gasteiger partial charge in [0.05, 0.1) is 5.69 Å². The molecule has 1 amide bonds. The lowest BCUT2D eigenvalue weighted by Gasteiger charge is -2.44. The lowest BCUT2D eigenvalue weighted by molar-refractivity contribution is 0.0636. The van der Waals surface area contributed by atoms with Crippen molar-refractivity contribution in [1.29, 1.82) is 0 Å². The summed E-state index contributed by atoms with van der Waals surface area (Å²) in [6.07, 6.45) is -0.689. The predicted octanol–water partition coefficient (Wildman–Crippen LogP) is 3.75. The molecule has 0 aromatic carbocycles. The van der Waals surface area contributed by atoms with Crippen LogP contribution in [0, 0.1) is 5.95 Å². The largest absolute Gasteiger partial charge is 0.444 e. The molecular formula is C17H26ClFN4O2. The molecule has 2 atom stereocenters. The minimum atomic E-state index is -0.816. The third-order valence-corrected chi connectivity index (χ3v) is 4.26. The van der Waals surface area contributed by atoms with Gasteiger partial charge in [0.2, 0.25) is 5.95 Å². The maximum atomic E-state index is 14.2. The van der Waals surface area contributed by atoms with Crippen molar-refractivity contribution in [2.24, 2.45) is 0 Å². The monoisotopic (exact) mass is 372 g/mol. The first kappa shape index (κ1) is 19.7. The highest BCUT2D eigenvalue weighted by molar-refractivity contribution is 6.33. The molecule has 2 rings (SSSR count). The summed E-state index contributed by atoms with van der Waals surface area (Å²) in [6, 6.07) is 1.89. The molecule has 1 aromatic rings. The Hall–Kier alpha value is -1.60. The third-order valence-electron chi connectivity index (χ3n) is 3.91. The van der Waals surface area contributed by atoms with E-state index in [-0.39, 0.29) is 22.8 Å². The molecule has 6 nitrogen and oxygen atoms in total. The summed E-state index contributed by atoms with van der Waals surface area (Å²) >= 11 is 5.98. The summed E-state index contributed by atoms with van der Waals surface area (Å²) in [5.41, 5.74) is -0.511. The number of ether oxygens (including phenoxy) is 1. The van der Waals surface area contributed by atoms with Gasteiger partial charge in [0.1, 0.15) is 16.4 Å². The van der Waals surface area contributed by atoms with Gasteiger partial charge in [-0.3, -0.25) is 5.32 Å². The van der Waals surface area contributed by atoms with Crippen LogP contribution in [0.1, 0.15) is 34.6 Å². The maximum Gasteiger partial charge on any atom is 0.412 e. The Bertz CT molecular complexity index is 638. The fourth-order valence-corrected chi connectivity index (χ4v) is 3.30. The van der Waals surface area contributed by atoms with Crippen molar-refractivity contribution in [3.05, 3.63) is 17.0 Å². The molecular weight excluding hydrogens is 347 g/mol. The van der Waals surface area contributed by atoms with E-state index in [1.54, 1.807) is 26.8 Å². The van der Waals surface area contributed by atoms with Crippen LogP contribution in [0.2, 0.25) is 5.02 Å². The number of carbonyl (C=O) groups is 1. The first-order valence-electron chi connectivity index (χ1n) is 8.31. The summed E-state index contributed by atoms with van der Waals surface area (Å²) in [5, 5.41) is 2.28. The molecule has 1 saturated heterocycles. The SMILES string of the molecule is C[C@H]1CN(C)C[C@H](C)N1c1cc(NC(=O)OC(C)(C)C)c(Cl)c(F)n1. The molecule has 1 fully saturated rings. The average Bonchev–Trinajstić information content (AvgIpc) is 2.40. The van der Waals surface area contributed by atoms with E-state index in [0.717, 1.165) is 13.1 Å². The van der Waals surface area contributed by atoms with E-state index < -0.39 is 17.6 Å². The molecule has 0 aliphatic carbocycles. The number of nitrogens with zero attached hydrogens (tertiary/aromatic N) is 3. The van der Waals surface area contributed by atoms with Crippen LogP contribution < -0.4 is 10.2 Å². The number of pyridine rings is 1. The Morgan fingerprint density at radius 2 is 1.92 bits per heavy atom. The zero-order valence-corrected chi connectivity index (χ0v) is 16.3. The van der Waals surface area contributed by atoms with E-state index in [0.29, 0.717) is 5.82 Å². The maximum absolute atomic E-state index is 14.2. The second kappa shape index (κ2) is 7.33. The third kappa shape index (κ3) is 4.95. The summed E-state index contributed by atoms with van der Waals surface area (Å²) in [5.74, 6) is -0.371. The number of likely N-dealkylation sites (N-methyl/N-ethyl adjacent to an activating group) is 1. The number of halogens is 2. The first-order valence-corrected chi connectivity index (χ1v) is 8.68.